The van der Waals surface area contributed by atoms with Crippen LogP contribution in [0, 0.1) is 17.2 Å². The lowest BCUT2D eigenvalue weighted by atomic mass is 10.0. The molecule has 0 bridgehead atoms. The van der Waals surface area contributed by atoms with Gasteiger partial charge in [-0.1, -0.05) is 52.8 Å². The van der Waals surface area contributed by atoms with Crippen molar-refractivity contribution in [3.05, 3.63) is 37.5 Å². The number of carboxylic acids is 1. The Hall–Kier alpha value is -2.35. The summed E-state index contributed by atoms with van der Waals surface area (Å²) in [6.07, 6.45) is 7.03. The van der Waals surface area contributed by atoms with Crippen LogP contribution in [0.3, 0.4) is 0 Å². The maximum atomic E-state index is 10.8. The van der Waals surface area contributed by atoms with Crippen molar-refractivity contribution >= 4 is 11.9 Å². The number of carboxylic acid groups (broad SMARTS) is 1. The molecule has 0 aliphatic rings. The van der Waals surface area contributed by atoms with Crippen LogP contribution in [0.1, 0.15) is 46.5 Å². The number of unbranched alkanes of at least 4 members (excludes halogenated alkanes) is 1. The first kappa shape index (κ1) is 25.6. The molecule has 5 heteroatoms. The van der Waals surface area contributed by atoms with E-state index in [-0.39, 0.29) is 11.5 Å². The maximum absolute atomic E-state index is 10.8. The summed E-state index contributed by atoms with van der Waals surface area (Å²) in [4.78, 5) is 20.4. The fourth-order valence-electron chi connectivity index (χ4n) is 1.16. The normalized spacial score (nSPS) is 9.48. The third-order valence-corrected chi connectivity index (χ3v) is 2.63. The highest BCUT2D eigenvalue weighted by Crippen LogP contribution is 2.12. The van der Waals surface area contributed by atoms with Crippen LogP contribution in [-0.2, 0) is 14.3 Å². The molecule has 0 saturated carbocycles. The lowest BCUT2D eigenvalue weighted by Gasteiger charge is -2.13. The van der Waals surface area contributed by atoms with E-state index in [1.165, 1.54) is 31.9 Å². The lowest BCUT2D eigenvalue weighted by molar-refractivity contribution is -0.139. The van der Waals surface area contributed by atoms with Crippen molar-refractivity contribution < 1.29 is 19.4 Å². The van der Waals surface area contributed by atoms with Crippen LogP contribution < -0.4 is 0 Å². The largest absolute Gasteiger partial charge is 0.478 e. The number of allylic oxidation sites excluding steroid dienone is 1. The van der Waals surface area contributed by atoms with Crippen molar-refractivity contribution in [2.75, 3.05) is 6.61 Å². The van der Waals surface area contributed by atoms with Gasteiger partial charge in [0.25, 0.3) is 0 Å². The van der Waals surface area contributed by atoms with Crippen LogP contribution in [0.15, 0.2) is 37.5 Å². The number of hydrogen-bond donors (Lipinski definition) is 1. The van der Waals surface area contributed by atoms with Gasteiger partial charge in [0.15, 0.2) is 0 Å². The molecule has 0 spiro atoms. The summed E-state index contributed by atoms with van der Waals surface area (Å²) in [5.41, 5.74) is 0.176. The second-order valence-corrected chi connectivity index (χ2v) is 4.67. The van der Waals surface area contributed by atoms with Gasteiger partial charge in [-0.2, -0.15) is 5.26 Å². The quantitative estimate of drug-likeness (QED) is 0.409. The molecule has 0 amide bonds. The molecule has 0 heterocycles. The number of nitriles is 1. The van der Waals surface area contributed by atoms with Crippen LogP contribution in [0.4, 0.5) is 0 Å². The molecule has 0 aliphatic heterocycles. The van der Waals surface area contributed by atoms with E-state index in [2.05, 4.69) is 33.6 Å². The highest BCUT2D eigenvalue weighted by molar-refractivity contribution is 5.84. The summed E-state index contributed by atoms with van der Waals surface area (Å²) in [5.74, 6) is -0.728. The maximum Gasteiger partial charge on any atom is 0.330 e. The molecule has 5 nitrogen and oxygen atoms in total. The standard InChI is InChI=1S/C11H20O2.C4H6O2.C3H3N/c1-4-7-8-10(5-2)9-13-11(12)6-3;1-3(2)4(5)6;1-2-3-4/h6,10H,3-5,7-9H2,1-2H3;1H2,2H3,(H,5,6);2H,1H2. The number of ether oxygens (including phenoxy) is 1. The number of rotatable bonds is 8. The van der Waals surface area contributed by atoms with Gasteiger partial charge < -0.3 is 9.84 Å². The number of nitrogens with zero attached hydrogens (tertiary/aromatic N) is 1. The Kier molecular flexibility index (Phi) is 21.9. The predicted molar refractivity (Wildman–Crippen MR) is 92.7 cm³/mol. The fourth-order valence-corrected chi connectivity index (χ4v) is 1.16. The first-order valence-electron chi connectivity index (χ1n) is 7.48. The van der Waals surface area contributed by atoms with Gasteiger partial charge in [-0.05, 0) is 19.3 Å². The summed E-state index contributed by atoms with van der Waals surface area (Å²) in [7, 11) is 0. The van der Waals surface area contributed by atoms with Gasteiger partial charge in [0.2, 0.25) is 0 Å². The van der Waals surface area contributed by atoms with E-state index >= 15 is 0 Å². The Balaban J connectivity index is -0.000000330. The summed E-state index contributed by atoms with van der Waals surface area (Å²) in [6, 6.07) is 1.69. The third kappa shape index (κ3) is 25.0. The number of hydrogen-bond acceptors (Lipinski definition) is 4. The van der Waals surface area contributed by atoms with Crippen molar-refractivity contribution in [2.24, 2.45) is 5.92 Å². The van der Waals surface area contributed by atoms with Gasteiger partial charge in [-0.15, -0.1) is 0 Å². The highest BCUT2D eigenvalue weighted by Gasteiger charge is 2.07. The van der Waals surface area contributed by atoms with Crippen LogP contribution in [-0.4, -0.2) is 23.7 Å². The Morgan fingerprint density at radius 1 is 1.35 bits per heavy atom. The first-order valence-corrected chi connectivity index (χ1v) is 7.48. The van der Waals surface area contributed by atoms with E-state index < -0.39 is 5.97 Å². The van der Waals surface area contributed by atoms with E-state index in [9.17, 15) is 9.59 Å². The van der Waals surface area contributed by atoms with E-state index in [0.29, 0.717) is 12.5 Å². The fraction of sp³-hybridized carbons (Fsp3) is 0.500. The van der Waals surface area contributed by atoms with E-state index in [1.54, 1.807) is 6.07 Å². The van der Waals surface area contributed by atoms with Crippen LogP contribution in [0.5, 0.6) is 0 Å². The Morgan fingerprint density at radius 2 is 1.83 bits per heavy atom. The second kappa shape index (κ2) is 19.7. The smallest absolute Gasteiger partial charge is 0.330 e. The summed E-state index contributed by atoms with van der Waals surface area (Å²) < 4.78 is 4.98. The molecule has 1 N–H and O–H groups in total. The monoisotopic (exact) mass is 323 g/mol. The molecule has 0 aromatic rings. The number of aliphatic carboxylic acids is 1. The molecule has 23 heavy (non-hydrogen) atoms. The second-order valence-electron chi connectivity index (χ2n) is 4.67. The molecule has 0 aromatic heterocycles. The molecule has 0 radical (unpaired) electrons. The zero-order chi connectivity index (χ0) is 18.7. The van der Waals surface area contributed by atoms with E-state index in [0.717, 1.165) is 12.8 Å². The van der Waals surface area contributed by atoms with Crippen LogP contribution in [0.2, 0.25) is 0 Å². The molecule has 0 saturated heterocycles. The SMILES string of the molecule is C=C(C)C(=O)O.C=CC#N.C=CC(=O)OCC(CC)CCCC. The highest BCUT2D eigenvalue weighted by atomic mass is 16.5. The minimum absolute atomic E-state index is 0.176. The zero-order valence-electron chi connectivity index (χ0n) is 14.5. The van der Waals surface area contributed by atoms with Crippen molar-refractivity contribution in [1.82, 2.24) is 0 Å². The lowest BCUT2D eigenvalue weighted by Crippen LogP contribution is -2.12. The minimum atomic E-state index is -0.935. The van der Waals surface area contributed by atoms with Gasteiger partial charge in [0.1, 0.15) is 0 Å². The third-order valence-electron chi connectivity index (χ3n) is 2.63. The molecule has 1 atom stereocenters. The van der Waals surface area contributed by atoms with Crippen LogP contribution in [0.25, 0.3) is 0 Å². The topological polar surface area (TPSA) is 87.4 Å². The summed E-state index contributed by atoms with van der Waals surface area (Å²) in [5, 5.41) is 15.4. The first-order chi connectivity index (χ1) is 10.8. The number of esters is 1. The van der Waals surface area contributed by atoms with Gasteiger partial charge in [0.05, 0.1) is 12.7 Å². The Labute approximate surface area is 140 Å². The zero-order valence-corrected chi connectivity index (χ0v) is 14.5. The van der Waals surface area contributed by atoms with Gasteiger partial charge >= 0.3 is 11.9 Å². The van der Waals surface area contributed by atoms with Crippen molar-refractivity contribution in [1.29, 1.82) is 5.26 Å². The molecule has 0 fully saturated rings. The van der Waals surface area contributed by atoms with Crippen molar-refractivity contribution in [3.63, 3.8) is 0 Å². The molecule has 0 aromatic carbocycles. The molecule has 130 valence electrons. The number of carbonyl (C=O) groups excluding carboxylic acids is 1. The van der Waals surface area contributed by atoms with E-state index in [4.69, 9.17) is 15.1 Å². The molecule has 0 rings (SSSR count). The van der Waals surface area contributed by atoms with Crippen molar-refractivity contribution in [3.8, 4) is 6.07 Å². The average molecular weight is 323 g/mol. The molecule has 0 aliphatic carbocycles. The van der Waals surface area contributed by atoms with Crippen molar-refractivity contribution in [2.45, 2.75) is 46.5 Å². The van der Waals surface area contributed by atoms with Crippen LogP contribution >= 0.6 is 0 Å². The summed E-state index contributed by atoms with van der Waals surface area (Å²) >= 11 is 0. The molecular weight excluding hydrogens is 294 g/mol. The Morgan fingerprint density at radius 3 is 2.09 bits per heavy atom. The van der Waals surface area contributed by atoms with Gasteiger partial charge in [0, 0.05) is 17.7 Å². The van der Waals surface area contributed by atoms with E-state index in [1.807, 2.05) is 0 Å². The summed E-state index contributed by atoms with van der Waals surface area (Å²) in [6.45, 7) is 15.9. The Bertz CT molecular complexity index is 396. The predicted octanol–water partition coefficient (Wildman–Crippen LogP) is 4.28. The van der Waals surface area contributed by atoms with Gasteiger partial charge in [-0.25, -0.2) is 9.59 Å². The average Bonchev–Trinajstić information content (AvgIpc) is 2.55. The minimum Gasteiger partial charge on any atom is -0.478 e. The molecular formula is C18H29NO4. The molecule has 1 unspecified atom stereocenters. The van der Waals surface area contributed by atoms with Gasteiger partial charge in [-0.3, -0.25) is 0 Å². The number of carbonyl (C=O) groups is 2.